The molecule has 2 heterocycles. The summed E-state index contributed by atoms with van der Waals surface area (Å²) in [4.78, 5) is 10.1. The maximum Gasteiger partial charge on any atom is 0.0788 e. The number of fused-ring (bicyclic) bond motifs is 8. The quantitative estimate of drug-likeness (QED) is 0.136. The van der Waals surface area contributed by atoms with E-state index in [2.05, 4.69) is 182 Å². The Labute approximate surface area is 312 Å². The summed E-state index contributed by atoms with van der Waals surface area (Å²) in [6, 6.07) is 68.0. The Balaban J connectivity index is 1.25. The van der Waals surface area contributed by atoms with Crippen molar-refractivity contribution in [1.82, 2.24) is 9.97 Å². The number of hydrogen-bond acceptors (Lipinski definition) is 2. The largest absolute Gasteiger partial charge is 0.256 e. The van der Waals surface area contributed by atoms with Gasteiger partial charge in [0, 0.05) is 38.9 Å². The van der Waals surface area contributed by atoms with E-state index in [4.69, 9.17) is 9.97 Å². The molecule has 0 saturated carbocycles. The van der Waals surface area contributed by atoms with Crippen LogP contribution in [-0.2, 0) is 0 Å². The van der Waals surface area contributed by atoms with E-state index >= 15 is 0 Å². The van der Waals surface area contributed by atoms with Gasteiger partial charge in [-0.2, -0.15) is 0 Å². The fourth-order valence-corrected chi connectivity index (χ4v) is 8.75. The Morgan fingerprint density at radius 2 is 0.907 bits per heavy atom. The average Bonchev–Trinajstić information content (AvgIpc) is 3.25. The highest BCUT2D eigenvalue weighted by Gasteiger charge is 2.21. The molecule has 2 aromatic heterocycles. The van der Waals surface area contributed by atoms with Gasteiger partial charge in [-0.3, -0.25) is 4.98 Å². The van der Waals surface area contributed by atoms with Crippen molar-refractivity contribution in [2.24, 2.45) is 0 Å². The van der Waals surface area contributed by atoms with Crippen LogP contribution in [0.15, 0.2) is 194 Å². The molecule has 0 bridgehead atoms. The summed E-state index contributed by atoms with van der Waals surface area (Å²) < 4.78 is 0. The highest BCUT2D eigenvalue weighted by molar-refractivity contribution is 6.29. The first kappa shape index (κ1) is 30.5. The predicted octanol–water partition coefficient (Wildman–Crippen LogP) is 14.1. The first-order chi connectivity index (χ1) is 26.8. The van der Waals surface area contributed by atoms with Crippen molar-refractivity contribution in [3.05, 3.63) is 194 Å². The molecule has 250 valence electrons. The molecule has 0 atom stereocenters. The number of pyridine rings is 2. The third-order valence-electron chi connectivity index (χ3n) is 11.0. The Bertz CT molecular complexity index is 3210. The molecule has 0 aliphatic rings. The summed E-state index contributed by atoms with van der Waals surface area (Å²) in [5.41, 5.74) is 11.3. The van der Waals surface area contributed by atoms with E-state index in [-0.39, 0.29) is 0 Å². The first-order valence-corrected chi connectivity index (χ1v) is 18.5. The number of para-hydroxylation sites is 2. The molecule has 0 radical (unpaired) electrons. The van der Waals surface area contributed by atoms with E-state index < -0.39 is 0 Å². The maximum absolute atomic E-state index is 5.34. The normalized spacial score (nSPS) is 11.7. The molecular formula is C52H32N2. The molecule has 0 unspecified atom stereocenters. The van der Waals surface area contributed by atoms with E-state index in [9.17, 15) is 0 Å². The Morgan fingerprint density at radius 1 is 0.333 bits per heavy atom. The number of rotatable bonds is 4. The van der Waals surface area contributed by atoms with Crippen LogP contribution in [0.4, 0.5) is 0 Å². The Kier molecular flexibility index (Phi) is 6.90. The fraction of sp³-hybridized carbons (Fsp3) is 0. The van der Waals surface area contributed by atoms with Gasteiger partial charge < -0.3 is 0 Å². The molecule has 11 rings (SSSR count). The summed E-state index contributed by atoms with van der Waals surface area (Å²) in [6.45, 7) is 0. The van der Waals surface area contributed by atoms with Crippen LogP contribution >= 0.6 is 0 Å². The monoisotopic (exact) mass is 684 g/mol. The number of nitrogens with zero attached hydrogens (tertiary/aromatic N) is 2. The zero-order chi connectivity index (χ0) is 35.6. The highest BCUT2D eigenvalue weighted by atomic mass is 14.7. The molecule has 0 N–H and O–H groups in total. The van der Waals surface area contributed by atoms with Gasteiger partial charge in [-0.15, -0.1) is 0 Å². The molecule has 2 heteroatoms. The molecule has 2 nitrogen and oxygen atoms in total. The molecular weight excluding hydrogens is 653 g/mol. The van der Waals surface area contributed by atoms with Crippen LogP contribution in [0.2, 0.25) is 0 Å². The molecule has 9 aromatic carbocycles. The smallest absolute Gasteiger partial charge is 0.0788 e. The summed E-state index contributed by atoms with van der Waals surface area (Å²) in [5, 5.41) is 12.1. The van der Waals surface area contributed by atoms with Gasteiger partial charge in [0.1, 0.15) is 0 Å². The summed E-state index contributed by atoms with van der Waals surface area (Å²) in [6.07, 6.45) is 1.88. The van der Waals surface area contributed by atoms with Crippen LogP contribution in [0.1, 0.15) is 0 Å². The van der Waals surface area contributed by atoms with Gasteiger partial charge in [0.25, 0.3) is 0 Å². The van der Waals surface area contributed by atoms with Gasteiger partial charge in [-0.05, 0) is 84.4 Å². The van der Waals surface area contributed by atoms with Crippen LogP contribution in [0.3, 0.4) is 0 Å². The van der Waals surface area contributed by atoms with E-state index in [0.717, 1.165) is 44.2 Å². The van der Waals surface area contributed by atoms with Crippen molar-refractivity contribution in [3.63, 3.8) is 0 Å². The number of hydrogen-bond donors (Lipinski definition) is 0. The molecule has 0 spiro atoms. The number of aromatic nitrogens is 2. The van der Waals surface area contributed by atoms with Crippen molar-refractivity contribution in [2.75, 3.05) is 0 Å². The SMILES string of the molecule is c1ccc(-c2nc3ccccc3c3c2cc(-c2c4ccccc4c(-c4cccc(-c5cccc6cccnc56)c4)c4ccccc24)c2ccccc23)cc1. The fourth-order valence-electron chi connectivity index (χ4n) is 8.75. The van der Waals surface area contributed by atoms with Crippen LogP contribution in [0.5, 0.6) is 0 Å². The van der Waals surface area contributed by atoms with Gasteiger partial charge in [-0.1, -0.05) is 164 Å². The zero-order valence-electron chi connectivity index (χ0n) is 29.4. The molecule has 0 fully saturated rings. The van der Waals surface area contributed by atoms with E-state index in [1.807, 2.05) is 12.3 Å². The lowest BCUT2D eigenvalue weighted by Crippen LogP contribution is -1.95. The third-order valence-corrected chi connectivity index (χ3v) is 11.0. The first-order valence-electron chi connectivity index (χ1n) is 18.5. The second kappa shape index (κ2) is 12.2. The lowest BCUT2D eigenvalue weighted by molar-refractivity contribution is 1.41. The molecule has 54 heavy (non-hydrogen) atoms. The van der Waals surface area contributed by atoms with E-state index in [0.29, 0.717) is 0 Å². The second-order valence-corrected chi connectivity index (χ2v) is 14.0. The van der Waals surface area contributed by atoms with Crippen molar-refractivity contribution >= 4 is 64.9 Å². The van der Waals surface area contributed by atoms with Crippen molar-refractivity contribution in [3.8, 4) is 44.6 Å². The Morgan fingerprint density at radius 3 is 1.67 bits per heavy atom. The van der Waals surface area contributed by atoms with Crippen molar-refractivity contribution in [1.29, 1.82) is 0 Å². The standard InChI is InChI=1S/C52H32N2/c1-2-15-34(16-3-1)52-46-32-45(38-21-4-5-22-39(38)50(46)44-27-10-11-29-47(44)54-52)49-42-25-8-6-23-40(42)48(41-24-7-9-26-43(41)49)36-19-12-18-35(31-36)37-28-13-17-33-20-14-30-53-51(33)37/h1-32H. The second-order valence-electron chi connectivity index (χ2n) is 14.0. The molecule has 0 aliphatic heterocycles. The summed E-state index contributed by atoms with van der Waals surface area (Å²) in [7, 11) is 0. The van der Waals surface area contributed by atoms with Crippen LogP contribution in [0, 0.1) is 0 Å². The lowest BCUT2D eigenvalue weighted by Gasteiger charge is -2.21. The minimum atomic E-state index is 1.00. The molecule has 0 saturated heterocycles. The van der Waals surface area contributed by atoms with Crippen LogP contribution < -0.4 is 0 Å². The van der Waals surface area contributed by atoms with Gasteiger partial charge in [0.15, 0.2) is 0 Å². The van der Waals surface area contributed by atoms with Crippen molar-refractivity contribution < 1.29 is 0 Å². The minimum Gasteiger partial charge on any atom is -0.256 e. The van der Waals surface area contributed by atoms with Crippen molar-refractivity contribution in [2.45, 2.75) is 0 Å². The predicted molar refractivity (Wildman–Crippen MR) is 229 cm³/mol. The summed E-state index contributed by atoms with van der Waals surface area (Å²) in [5.74, 6) is 0. The molecule has 0 aliphatic carbocycles. The molecule has 11 aromatic rings. The topological polar surface area (TPSA) is 25.8 Å². The number of benzene rings is 9. The minimum absolute atomic E-state index is 1.00. The van der Waals surface area contributed by atoms with Crippen LogP contribution in [-0.4, -0.2) is 9.97 Å². The Hall–Kier alpha value is -7.16. The maximum atomic E-state index is 5.34. The van der Waals surface area contributed by atoms with Gasteiger partial charge in [0.2, 0.25) is 0 Å². The van der Waals surface area contributed by atoms with E-state index in [1.54, 1.807) is 0 Å². The summed E-state index contributed by atoms with van der Waals surface area (Å²) >= 11 is 0. The third kappa shape index (κ3) is 4.67. The average molecular weight is 685 g/mol. The van der Waals surface area contributed by atoms with Gasteiger partial charge >= 0.3 is 0 Å². The zero-order valence-corrected chi connectivity index (χ0v) is 29.4. The van der Waals surface area contributed by atoms with E-state index in [1.165, 1.54) is 65.3 Å². The van der Waals surface area contributed by atoms with Gasteiger partial charge in [-0.25, -0.2) is 4.98 Å². The highest BCUT2D eigenvalue weighted by Crippen LogP contribution is 2.48. The lowest BCUT2D eigenvalue weighted by atomic mass is 9.83. The van der Waals surface area contributed by atoms with Gasteiger partial charge in [0.05, 0.1) is 16.7 Å². The molecule has 0 amide bonds. The van der Waals surface area contributed by atoms with Crippen LogP contribution in [0.25, 0.3) is 110 Å².